The summed E-state index contributed by atoms with van der Waals surface area (Å²) in [7, 11) is -2.32. The normalized spacial score (nSPS) is 29.0. The fourth-order valence-electron chi connectivity index (χ4n) is 1.26. The Kier molecular flexibility index (Phi) is 3.54. The third-order valence-corrected chi connectivity index (χ3v) is 4.34. The van der Waals surface area contributed by atoms with E-state index < -0.39 is 7.37 Å². The monoisotopic (exact) mass is 188 g/mol. The highest BCUT2D eigenvalue weighted by Gasteiger charge is 2.25. The van der Waals surface area contributed by atoms with Crippen LogP contribution in [0, 0.1) is 0 Å². The summed E-state index contributed by atoms with van der Waals surface area (Å²) in [5.74, 6) is 1.84. The minimum Gasteiger partial charge on any atom is -0.326 e. The summed E-state index contributed by atoms with van der Waals surface area (Å²) < 4.78 is 17.2. The van der Waals surface area contributed by atoms with Gasteiger partial charge in [0.05, 0.1) is 6.61 Å². The Balaban J connectivity index is 2.36. The van der Waals surface area contributed by atoms with E-state index in [1.165, 1.54) is 5.57 Å². The van der Waals surface area contributed by atoms with Crippen LogP contribution < -0.4 is 0 Å². The maximum absolute atomic E-state index is 11.8. The summed E-state index contributed by atoms with van der Waals surface area (Å²) in [5.41, 5.74) is 1.22. The van der Waals surface area contributed by atoms with E-state index in [0.29, 0.717) is 6.61 Å². The SMILES string of the molecule is CCCCOP1(=O)C=C(C)CC1. The zero-order valence-electron chi connectivity index (χ0n) is 7.88. The second kappa shape index (κ2) is 4.25. The van der Waals surface area contributed by atoms with Crippen LogP contribution in [0.25, 0.3) is 0 Å². The van der Waals surface area contributed by atoms with Crippen molar-refractivity contribution in [2.75, 3.05) is 12.8 Å². The topological polar surface area (TPSA) is 26.3 Å². The second-order valence-electron chi connectivity index (χ2n) is 3.36. The standard InChI is InChI=1S/C9H17O2P/c1-3-4-6-11-12(10)7-5-9(2)8-12/h8H,3-7H2,1-2H3. The first-order chi connectivity index (χ1) is 5.66. The molecule has 0 saturated heterocycles. The Bertz CT molecular complexity index is 221. The van der Waals surface area contributed by atoms with Crippen molar-refractivity contribution in [3.8, 4) is 0 Å². The maximum Gasteiger partial charge on any atom is 0.225 e. The second-order valence-corrected chi connectivity index (χ2v) is 5.78. The van der Waals surface area contributed by atoms with Gasteiger partial charge in [0.15, 0.2) is 0 Å². The first-order valence-corrected chi connectivity index (χ1v) is 6.46. The van der Waals surface area contributed by atoms with Crippen LogP contribution in [0.4, 0.5) is 0 Å². The minimum atomic E-state index is -2.32. The Hall–Kier alpha value is -0.0700. The molecule has 0 aromatic rings. The van der Waals surface area contributed by atoms with E-state index in [2.05, 4.69) is 6.92 Å². The molecular formula is C9H17O2P. The minimum absolute atomic E-state index is 0.650. The lowest BCUT2D eigenvalue weighted by molar-refractivity contribution is 0.313. The zero-order valence-corrected chi connectivity index (χ0v) is 8.77. The van der Waals surface area contributed by atoms with Gasteiger partial charge < -0.3 is 4.52 Å². The smallest absolute Gasteiger partial charge is 0.225 e. The number of allylic oxidation sites excluding steroid dienone is 1. The van der Waals surface area contributed by atoms with Crippen LogP contribution in [0.3, 0.4) is 0 Å². The van der Waals surface area contributed by atoms with Gasteiger partial charge in [-0.1, -0.05) is 18.9 Å². The summed E-state index contributed by atoms with van der Waals surface area (Å²) in [4.78, 5) is 0. The first kappa shape index (κ1) is 10.0. The van der Waals surface area contributed by atoms with Crippen molar-refractivity contribution in [3.63, 3.8) is 0 Å². The molecule has 0 spiro atoms. The number of hydrogen-bond acceptors (Lipinski definition) is 2. The van der Waals surface area contributed by atoms with Gasteiger partial charge in [0, 0.05) is 6.16 Å². The molecule has 0 amide bonds. The molecule has 3 heteroatoms. The molecule has 1 heterocycles. The van der Waals surface area contributed by atoms with Gasteiger partial charge in [-0.05, 0) is 25.6 Å². The molecule has 12 heavy (non-hydrogen) atoms. The molecule has 1 atom stereocenters. The summed E-state index contributed by atoms with van der Waals surface area (Å²) in [6, 6.07) is 0. The maximum atomic E-state index is 11.8. The molecule has 0 aliphatic carbocycles. The van der Waals surface area contributed by atoms with E-state index in [1.54, 1.807) is 0 Å². The van der Waals surface area contributed by atoms with Gasteiger partial charge in [-0.3, -0.25) is 4.57 Å². The Morgan fingerprint density at radius 2 is 2.42 bits per heavy atom. The van der Waals surface area contributed by atoms with Crippen molar-refractivity contribution < 1.29 is 9.09 Å². The fraction of sp³-hybridized carbons (Fsp3) is 0.778. The summed E-state index contributed by atoms with van der Waals surface area (Å²) in [6.07, 6.45) is 3.78. The average molecular weight is 188 g/mol. The molecule has 1 unspecified atom stereocenters. The lowest BCUT2D eigenvalue weighted by Crippen LogP contribution is -1.91. The predicted molar refractivity (Wildman–Crippen MR) is 51.7 cm³/mol. The molecule has 70 valence electrons. The quantitative estimate of drug-likeness (QED) is 0.499. The van der Waals surface area contributed by atoms with E-state index in [4.69, 9.17) is 4.52 Å². The lowest BCUT2D eigenvalue weighted by atomic mass is 10.3. The van der Waals surface area contributed by atoms with E-state index in [0.717, 1.165) is 25.4 Å². The van der Waals surface area contributed by atoms with E-state index >= 15 is 0 Å². The molecule has 2 nitrogen and oxygen atoms in total. The number of hydrogen-bond donors (Lipinski definition) is 0. The highest BCUT2D eigenvalue weighted by Crippen LogP contribution is 2.54. The first-order valence-electron chi connectivity index (χ1n) is 4.58. The molecule has 0 fully saturated rings. The Morgan fingerprint density at radius 3 is 2.92 bits per heavy atom. The van der Waals surface area contributed by atoms with Crippen LogP contribution in [-0.2, 0) is 9.09 Å². The molecular weight excluding hydrogens is 171 g/mol. The Labute approximate surface area is 74.5 Å². The highest BCUT2D eigenvalue weighted by atomic mass is 31.2. The fourth-order valence-corrected chi connectivity index (χ4v) is 3.50. The van der Waals surface area contributed by atoms with Gasteiger partial charge >= 0.3 is 0 Å². The van der Waals surface area contributed by atoms with Gasteiger partial charge in [-0.15, -0.1) is 0 Å². The van der Waals surface area contributed by atoms with E-state index in [1.807, 2.05) is 12.7 Å². The molecule has 1 rings (SSSR count). The van der Waals surface area contributed by atoms with Crippen molar-refractivity contribution >= 4 is 7.37 Å². The van der Waals surface area contributed by atoms with Crippen LogP contribution in [0.5, 0.6) is 0 Å². The van der Waals surface area contributed by atoms with Crippen LogP contribution >= 0.6 is 7.37 Å². The third kappa shape index (κ3) is 2.76. The molecule has 0 aromatic heterocycles. The van der Waals surface area contributed by atoms with E-state index in [-0.39, 0.29) is 0 Å². The van der Waals surface area contributed by atoms with Crippen LogP contribution in [0.15, 0.2) is 11.4 Å². The van der Waals surface area contributed by atoms with E-state index in [9.17, 15) is 4.57 Å². The van der Waals surface area contributed by atoms with Crippen molar-refractivity contribution in [1.82, 2.24) is 0 Å². The zero-order chi connectivity index (χ0) is 9.03. The summed E-state index contributed by atoms with van der Waals surface area (Å²) in [5, 5.41) is 0. The molecule has 1 aliphatic heterocycles. The van der Waals surface area contributed by atoms with Gasteiger partial charge in [0.25, 0.3) is 0 Å². The van der Waals surface area contributed by atoms with Crippen molar-refractivity contribution in [3.05, 3.63) is 11.4 Å². The van der Waals surface area contributed by atoms with Crippen LogP contribution in [0.2, 0.25) is 0 Å². The predicted octanol–water partition coefficient (Wildman–Crippen LogP) is 3.39. The van der Waals surface area contributed by atoms with Crippen molar-refractivity contribution in [2.24, 2.45) is 0 Å². The van der Waals surface area contributed by atoms with Gasteiger partial charge in [-0.2, -0.15) is 0 Å². The highest BCUT2D eigenvalue weighted by molar-refractivity contribution is 7.62. The lowest BCUT2D eigenvalue weighted by Gasteiger charge is -2.09. The molecule has 0 N–H and O–H groups in total. The summed E-state index contributed by atoms with van der Waals surface area (Å²) >= 11 is 0. The van der Waals surface area contributed by atoms with Crippen molar-refractivity contribution in [2.45, 2.75) is 33.1 Å². The average Bonchev–Trinajstić information content (AvgIpc) is 2.32. The third-order valence-electron chi connectivity index (χ3n) is 2.04. The molecule has 0 bridgehead atoms. The Morgan fingerprint density at radius 1 is 1.67 bits per heavy atom. The largest absolute Gasteiger partial charge is 0.326 e. The van der Waals surface area contributed by atoms with Gasteiger partial charge in [-0.25, -0.2) is 0 Å². The molecule has 0 saturated carbocycles. The van der Waals surface area contributed by atoms with Gasteiger partial charge in [0.1, 0.15) is 0 Å². The molecule has 0 aromatic carbocycles. The number of unbranched alkanes of at least 4 members (excludes halogenated alkanes) is 1. The molecule has 1 aliphatic rings. The molecule has 0 radical (unpaired) electrons. The number of rotatable bonds is 4. The van der Waals surface area contributed by atoms with Gasteiger partial charge in [0.2, 0.25) is 7.37 Å². The van der Waals surface area contributed by atoms with Crippen molar-refractivity contribution in [1.29, 1.82) is 0 Å². The van der Waals surface area contributed by atoms with Crippen LogP contribution in [0.1, 0.15) is 33.1 Å². The summed E-state index contributed by atoms with van der Waals surface area (Å²) in [6.45, 7) is 4.77. The van der Waals surface area contributed by atoms with Crippen LogP contribution in [-0.4, -0.2) is 12.8 Å².